The number of methoxy groups -OCH3 is 1. The predicted molar refractivity (Wildman–Crippen MR) is 280 cm³/mol. The smallest absolute Gasteiger partial charge is 0.247 e. The van der Waals surface area contributed by atoms with Crippen molar-refractivity contribution in [1.82, 2.24) is 44.8 Å². The Kier molecular flexibility index (Phi) is 18.7. The average molecular weight is 1040 g/mol. The number of likely N-dealkylation sites (N-methyl/N-ethyl adjacent to an activating group) is 2. The number of rotatable bonds is 13. The molecule has 2 aromatic heterocycles. The SMILES string of the molecule is COC[C@@H]1NC(=O)[C@H](C)N(Cc2ccc(Cl)cc2Oc2ccc(-n3cnc(CN(C)C)c3C)cc2)C(=O)C[C@@H](Cc2ccccn2)C(=O)N(C)[C@H]2CCCC[C@@H]2NC(=O)C[C@H](Cc2ccc(Cl)cc2)N(C)C1=O. The first-order chi connectivity index (χ1) is 35.0. The molecule has 18 heteroatoms. The van der Waals surface area contributed by atoms with Gasteiger partial charge in [-0.3, -0.25) is 29.0 Å². The molecule has 3 aromatic carbocycles. The molecule has 1 saturated heterocycles. The topological polar surface area (TPSA) is 172 Å². The Morgan fingerprint density at radius 1 is 0.808 bits per heavy atom. The second-order valence-electron chi connectivity index (χ2n) is 19.5. The lowest BCUT2D eigenvalue weighted by Gasteiger charge is -2.40. The number of pyridine rings is 1. The van der Waals surface area contributed by atoms with Crippen LogP contribution in [-0.2, 0) is 54.6 Å². The molecule has 1 aliphatic carbocycles. The molecule has 0 bridgehead atoms. The van der Waals surface area contributed by atoms with Crippen molar-refractivity contribution >= 4 is 52.7 Å². The summed E-state index contributed by atoms with van der Waals surface area (Å²) in [6.45, 7) is 3.98. The molecule has 388 valence electrons. The summed E-state index contributed by atoms with van der Waals surface area (Å²) in [5.74, 6) is -2.25. The number of imidazole rings is 1. The third-order valence-electron chi connectivity index (χ3n) is 14.0. The molecular weight excluding hydrogens is 970 g/mol. The third-order valence-corrected chi connectivity index (χ3v) is 14.5. The fourth-order valence-electron chi connectivity index (χ4n) is 9.80. The number of aromatic nitrogens is 3. The van der Waals surface area contributed by atoms with Crippen LogP contribution in [0, 0.1) is 12.8 Å². The van der Waals surface area contributed by atoms with Crippen LogP contribution in [0.1, 0.15) is 73.7 Å². The van der Waals surface area contributed by atoms with Crippen molar-refractivity contribution < 1.29 is 33.4 Å². The van der Waals surface area contributed by atoms with E-state index >= 15 is 9.59 Å². The van der Waals surface area contributed by atoms with Crippen LogP contribution in [0.15, 0.2) is 97.5 Å². The number of amides is 5. The van der Waals surface area contributed by atoms with Crippen LogP contribution in [0.2, 0.25) is 10.0 Å². The fourth-order valence-corrected chi connectivity index (χ4v) is 10.1. The largest absolute Gasteiger partial charge is 0.457 e. The number of nitrogens with one attached hydrogen (secondary N) is 2. The second kappa shape index (κ2) is 25.1. The van der Waals surface area contributed by atoms with Crippen LogP contribution in [0.4, 0.5) is 0 Å². The summed E-state index contributed by atoms with van der Waals surface area (Å²) < 4.78 is 14.0. The Morgan fingerprint density at radius 3 is 2.23 bits per heavy atom. The van der Waals surface area contributed by atoms with E-state index < -0.39 is 41.8 Å². The minimum atomic E-state index is -1.20. The van der Waals surface area contributed by atoms with Gasteiger partial charge in [-0.05, 0) is 113 Å². The lowest BCUT2D eigenvalue weighted by molar-refractivity contribution is -0.147. The van der Waals surface area contributed by atoms with Gasteiger partial charge in [0.25, 0.3) is 0 Å². The minimum Gasteiger partial charge on any atom is -0.457 e. The fraction of sp³-hybridized carbons (Fsp3) is 0.436. The summed E-state index contributed by atoms with van der Waals surface area (Å²) in [5.41, 5.74) is 4.86. The van der Waals surface area contributed by atoms with Crippen LogP contribution in [0.25, 0.3) is 5.69 Å². The number of hydrogen-bond donors (Lipinski definition) is 2. The third kappa shape index (κ3) is 14.0. The van der Waals surface area contributed by atoms with Gasteiger partial charge in [0.1, 0.15) is 23.6 Å². The van der Waals surface area contributed by atoms with E-state index in [1.165, 1.54) is 16.9 Å². The van der Waals surface area contributed by atoms with Gasteiger partial charge in [-0.1, -0.05) is 60.3 Å². The van der Waals surface area contributed by atoms with Gasteiger partial charge in [-0.2, -0.15) is 0 Å². The molecule has 2 aliphatic rings. The molecule has 16 nitrogen and oxygen atoms in total. The van der Waals surface area contributed by atoms with E-state index in [-0.39, 0.29) is 56.3 Å². The Bertz CT molecular complexity index is 2700. The molecule has 73 heavy (non-hydrogen) atoms. The maximum absolute atomic E-state index is 15.2. The summed E-state index contributed by atoms with van der Waals surface area (Å²) in [6, 6.07) is 21.4. The van der Waals surface area contributed by atoms with Crippen LogP contribution in [-0.4, -0.2) is 136 Å². The van der Waals surface area contributed by atoms with Crippen LogP contribution in [0.5, 0.6) is 11.5 Å². The zero-order valence-corrected chi connectivity index (χ0v) is 44.2. The number of halogens is 2. The van der Waals surface area contributed by atoms with Crippen LogP contribution < -0.4 is 15.4 Å². The molecule has 2 N–H and O–H groups in total. The maximum Gasteiger partial charge on any atom is 0.247 e. The van der Waals surface area contributed by atoms with Gasteiger partial charge in [0, 0.05) is 98.0 Å². The quantitative estimate of drug-likeness (QED) is 0.123. The summed E-state index contributed by atoms with van der Waals surface area (Å²) in [5, 5.41) is 7.05. The lowest BCUT2D eigenvalue weighted by Crippen LogP contribution is -2.58. The molecule has 0 radical (unpaired) electrons. The highest BCUT2D eigenvalue weighted by atomic mass is 35.5. The minimum absolute atomic E-state index is 0.0573. The lowest BCUT2D eigenvalue weighted by atomic mass is 9.87. The molecule has 6 atom stereocenters. The van der Waals surface area contributed by atoms with Crippen molar-refractivity contribution in [2.75, 3.05) is 41.9 Å². The van der Waals surface area contributed by atoms with Crippen molar-refractivity contribution in [3.63, 3.8) is 0 Å². The zero-order chi connectivity index (χ0) is 52.3. The number of carbonyl (C=O) groups is 5. The van der Waals surface area contributed by atoms with Crippen molar-refractivity contribution in [3.05, 3.63) is 136 Å². The Balaban J connectivity index is 1.25. The van der Waals surface area contributed by atoms with Crippen molar-refractivity contribution in [2.24, 2.45) is 5.92 Å². The molecule has 7 rings (SSSR count). The predicted octanol–water partition coefficient (Wildman–Crippen LogP) is 7.19. The molecule has 1 aliphatic heterocycles. The monoisotopic (exact) mass is 1040 g/mol. The van der Waals surface area contributed by atoms with Gasteiger partial charge in [-0.15, -0.1) is 0 Å². The van der Waals surface area contributed by atoms with E-state index in [2.05, 4.69) is 25.5 Å². The Labute approximate surface area is 438 Å². The maximum atomic E-state index is 15.2. The number of hydrogen-bond acceptors (Lipinski definition) is 10. The molecule has 5 aromatic rings. The van der Waals surface area contributed by atoms with E-state index in [4.69, 9.17) is 32.7 Å². The average Bonchev–Trinajstić information content (AvgIpc) is 3.73. The van der Waals surface area contributed by atoms with Crippen molar-refractivity contribution in [1.29, 1.82) is 0 Å². The number of ether oxygens (including phenoxy) is 2. The molecule has 2 fully saturated rings. The summed E-state index contributed by atoms with van der Waals surface area (Å²) in [6.07, 6.45) is 6.50. The van der Waals surface area contributed by atoms with Crippen molar-refractivity contribution in [2.45, 2.75) is 109 Å². The number of nitrogens with zero attached hydrogens (tertiary/aromatic N) is 7. The molecule has 0 spiro atoms. The van der Waals surface area contributed by atoms with Crippen LogP contribution >= 0.6 is 23.2 Å². The van der Waals surface area contributed by atoms with E-state index in [0.29, 0.717) is 58.6 Å². The second-order valence-corrected chi connectivity index (χ2v) is 20.4. The van der Waals surface area contributed by atoms with Gasteiger partial charge >= 0.3 is 0 Å². The first-order valence-corrected chi connectivity index (χ1v) is 25.5. The van der Waals surface area contributed by atoms with E-state index in [9.17, 15) is 14.4 Å². The van der Waals surface area contributed by atoms with Gasteiger partial charge in [0.05, 0.1) is 37.1 Å². The van der Waals surface area contributed by atoms with E-state index in [1.54, 1.807) is 74.8 Å². The molecule has 3 heterocycles. The standard InChI is InChI=1S/C55H67Cl2N9O7/c1-35-47(32-62(3)4)59-34-66(35)43-21-23-45(24-22-43)73-50-29-41(57)20-17-38(50)31-65-36(2)53(69)61-48(33-72-7)55(71)63(5)44(26-37-15-18-40(56)19-16-37)30-51(67)60-46-13-8-9-14-49(46)64(6)54(70)39(28-52(65)68)27-42-12-10-11-25-58-42/h10-12,15-25,29,34,36,39,44,46,48-49H,8-9,13-14,26-28,30-33H2,1-7H3,(H,60,67)(H,61,69)/t36-,39+,44-,46-,48-,49-/m0/s1. The molecular formula is C55H67Cl2N9O7. The van der Waals surface area contributed by atoms with Gasteiger partial charge in [0.2, 0.25) is 29.5 Å². The van der Waals surface area contributed by atoms with Crippen LogP contribution in [0.3, 0.4) is 0 Å². The van der Waals surface area contributed by atoms with Gasteiger partial charge in [-0.25, -0.2) is 4.98 Å². The molecule has 0 unspecified atom stereocenters. The number of carbonyl (C=O) groups excluding carboxylic acids is 5. The van der Waals surface area contributed by atoms with E-state index in [1.807, 2.05) is 74.1 Å². The molecule has 1 saturated carbocycles. The summed E-state index contributed by atoms with van der Waals surface area (Å²) in [7, 11) is 8.76. The zero-order valence-electron chi connectivity index (χ0n) is 42.7. The number of fused-ring (bicyclic) bond motifs is 1. The highest BCUT2D eigenvalue weighted by Crippen LogP contribution is 2.33. The van der Waals surface area contributed by atoms with E-state index in [0.717, 1.165) is 35.5 Å². The Morgan fingerprint density at radius 2 is 1.53 bits per heavy atom. The van der Waals surface area contributed by atoms with Crippen molar-refractivity contribution in [3.8, 4) is 17.2 Å². The highest BCUT2D eigenvalue weighted by molar-refractivity contribution is 6.31. The summed E-state index contributed by atoms with van der Waals surface area (Å²) >= 11 is 12.9. The molecule has 5 amide bonds. The van der Waals surface area contributed by atoms with Gasteiger partial charge in [0.15, 0.2) is 0 Å². The normalized spacial score (nSPS) is 21.9. The number of benzene rings is 3. The summed E-state index contributed by atoms with van der Waals surface area (Å²) in [4.78, 5) is 89.5. The first-order valence-electron chi connectivity index (χ1n) is 24.8. The highest BCUT2D eigenvalue weighted by Gasteiger charge is 2.39. The Hall–Kier alpha value is -6.33. The van der Waals surface area contributed by atoms with Gasteiger partial charge < -0.3 is 44.3 Å². The first kappa shape index (κ1) is 54.4.